The number of hydrogen-bond acceptors (Lipinski definition) is 8. The van der Waals surface area contributed by atoms with Crippen LogP contribution in [0.15, 0.2) is 4.99 Å². The van der Waals surface area contributed by atoms with Gasteiger partial charge in [-0.15, -0.1) is 0 Å². The van der Waals surface area contributed by atoms with Crippen molar-refractivity contribution in [3.63, 3.8) is 0 Å². The number of hydrogen-bond donors (Lipinski definition) is 9. The molecule has 0 aliphatic rings. The van der Waals surface area contributed by atoms with Crippen LogP contribution in [0.25, 0.3) is 0 Å². The summed E-state index contributed by atoms with van der Waals surface area (Å²) in [7, 11) is 0. The molecule has 0 fully saturated rings. The molecule has 4 unspecified atom stereocenters. The van der Waals surface area contributed by atoms with Gasteiger partial charge < -0.3 is 44.0 Å². The highest BCUT2D eigenvalue weighted by atomic mass is 32.1. The number of amides is 4. The molecule has 0 aliphatic heterocycles. The third-order valence-electron chi connectivity index (χ3n) is 4.39. The van der Waals surface area contributed by atoms with Crippen LogP contribution in [0.2, 0.25) is 0 Å². The third kappa shape index (κ3) is 11.9. The van der Waals surface area contributed by atoms with Crippen molar-refractivity contribution >= 4 is 48.2 Å². The molecule has 0 aromatic rings. The van der Waals surface area contributed by atoms with Gasteiger partial charge in [0, 0.05) is 12.3 Å². The molecule has 0 aromatic heterocycles. The Morgan fingerprint density at radius 3 is 1.97 bits per heavy atom. The van der Waals surface area contributed by atoms with Crippen LogP contribution >= 0.6 is 12.6 Å². The highest BCUT2D eigenvalue weighted by molar-refractivity contribution is 7.80. The maximum atomic E-state index is 12.7. The fourth-order valence-corrected chi connectivity index (χ4v) is 2.82. The molecular formula is C18H34N8O6S. The molecule has 0 saturated carbocycles. The lowest BCUT2D eigenvalue weighted by atomic mass is 10.0. The number of thiol groups is 1. The molecule has 4 atom stereocenters. The largest absolute Gasteiger partial charge is 0.480 e. The number of carbonyl (C=O) groups is 5. The van der Waals surface area contributed by atoms with Gasteiger partial charge in [0.2, 0.25) is 23.6 Å². The predicted molar refractivity (Wildman–Crippen MR) is 124 cm³/mol. The van der Waals surface area contributed by atoms with Crippen LogP contribution in [-0.2, 0) is 24.0 Å². The van der Waals surface area contributed by atoms with Crippen LogP contribution in [0.4, 0.5) is 0 Å². The van der Waals surface area contributed by atoms with E-state index in [4.69, 9.17) is 28.0 Å². The van der Waals surface area contributed by atoms with Gasteiger partial charge >= 0.3 is 5.97 Å². The number of nitrogens with zero attached hydrogens (tertiary/aromatic N) is 1. The quantitative estimate of drug-likeness (QED) is 0.0474. The highest BCUT2D eigenvalue weighted by Gasteiger charge is 2.32. The standard InChI is InChI=1S/C18H34N8O6S/c1-8(2)13(16(30)25-11(7-33)17(31)32)26-15(29)10(6-12(20)27)24-14(28)9(19)4-3-5-23-18(21)22/h8-11,13,33H,3-7,19H2,1-2H3,(H2,20,27)(H,24,28)(H,25,30)(H,26,29)(H,31,32)(H4,21,22,23). The number of aliphatic imine (C=N–C) groups is 1. The van der Waals surface area contributed by atoms with E-state index in [0.717, 1.165) is 0 Å². The Labute approximate surface area is 197 Å². The Morgan fingerprint density at radius 1 is 0.939 bits per heavy atom. The number of primary amides is 1. The van der Waals surface area contributed by atoms with Crippen LogP contribution in [-0.4, -0.2) is 77.1 Å². The summed E-state index contributed by atoms with van der Waals surface area (Å²) in [5.41, 5.74) is 21.4. The summed E-state index contributed by atoms with van der Waals surface area (Å²) in [5.74, 6) is -5.22. The molecule has 0 saturated heterocycles. The van der Waals surface area contributed by atoms with Gasteiger partial charge in [0.05, 0.1) is 12.5 Å². The van der Waals surface area contributed by atoms with E-state index in [-0.39, 0.29) is 24.7 Å². The molecule has 12 N–H and O–H groups in total. The average Bonchev–Trinajstić information content (AvgIpc) is 2.71. The molecule has 0 spiro atoms. The summed E-state index contributed by atoms with van der Waals surface area (Å²) >= 11 is 3.87. The summed E-state index contributed by atoms with van der Waals surface area (Å²) in [6.07, 6.45) is 0.0502. The van der Waals surface area contributed by atoms with Gasteiger partial charge in [0.15, 0.2) is 5.96 Å². The smallest absolute Gasteiger partial charge is 0.327 e. The first-order valence-electron chi connectivity index (χ1n) is 10.1. The molecule has 14 nitrogen and oxygen atoms in total. The molecular weight excluding hydrogens is 456 g/mol. The second-order valence-corrected chi connectivity index (χ2v) is 7.96. The van der Waals surface area contributed by atoms with Crippen molar-refractivity contribution in [3.05, 3.63) is 0 Å². The maximum absolute atomic E-state index is 12.7. The fraction of sp³-hybridized carbons (Fsp3) is 0.667. The Balaban J connectivity index is 5.25. The predicted octanol–water partition coefficient (Wildman–Crippen LogP) is -3.63. The molecule has 188 valence electrons. The summed E-state index contributed by atoms with van der Waals surface area (Å²) in [4.78, 5) is 64.0. The van der Waals surface area contributed by atoms with Crippen LogP contribution in [0.5, 0.6) is 0 Å². The lowest BCUT2D eigenvalue weighted by Gasteiger charge is -2.26. The average molecular weight is 491 g/mol. The lowest BCUT2D eigenvalue weighted by molar-refractivity contribution is -0.142. The monoisotopic (exact) mass is 490 g/mol. The van der Waals surface area contributed by atoms with Gasteiger partial charge in [0.1, 0.15) is 18.1 Å². The molecule has 0 heterocycles. The van der Waals surface area contributed by atoms with Gasteiger partial charge in [0.25, 0.3) is 0 Å². The number of carbonyl (C=O) groups excluding carboxylic acids is 4. The van der Waals surface area contributed by atoms with Gasteiger partial charge in [-0.25, -0.2) is 4.79 Å². The van der Waals surface area contributed by atoms with Crippen LogP contribution < -0.4 is 38.9 Å². The van der Waals surface area contributed by atoms with Crippen molar-refractivity contribution in [2.45, 2.75) is 57.3 Å². The van der Waals surface area contributed by atoms with E-state index < -0.39 is 66.1 Å². The molecule has 0 rings (SSSR count). The van der Waals surface area contributed by atoms with E-state index >= 15 is 0 Å². The van der Waals surface area contributed by atoms with E-state index in [9.17, 15) is 24.0 Å². The van der Waals surface area contributed by atoms with Crippen molar-refractivity contribution in [1.29, 1.82) is 0 Å². The van der Waals surface area contributed by atoms with Crippen LogP contribution in [0.1, 0.15) is 33.1 Å². The third-order valence-corrected chi connectivity index (χ3v) is 4.75. The van der Waals surface area contributed by atoms with Crippen molar-refractivity contribution in [1.82, 2.24) is 16.0 Å². The summed E-state index contributed by atoms with van der Waals surface area (Å²) in [5, 5.41) is 16.1. The Hall–Kier alpha value is -3.07. The Morgan fingerprint density at radius 2 is 1.52 bits per heavy atom. The molecule has 0 bridgehead atoms. The number of nitrogens with two attached hydrogens (primary N) is 4. The molecule has 15 heteroatoms. The lowest BCUT2D eigenvalue weighted by Crippen LogP contribution is -2.59. The SMILES string of the molecule is CC(C)C(NC(=O)C(CC(N)=O)NC(=O)C(N)CCCN=C(N)N)C(=O)NC(CS)C(=O)O. The molecule has 0 radical (unpaired) electrons. The van der Waals surface area contributed by atoms with Crippen molar-refractivity contribution in [2.24, 2.45) is 33.8 Å². The van der Waals surface area contributed by atoms with E-state index in [1.165, 1.54) is 0 Å². The second kappa shape index (κ2) is 14.9. The zero-order valence-corrected chi connectivity index (χ0v) is 19.5. The van der Waals surface area contributed by atoms with E-state index in [0.29, 0.717) is 6.42 Å². The minimum Gasteiger partial charge on any atom is -0.480 e. The summed E-state index contributed by atoms with van der Waals surface area (Å²) in [6, 6.07) is -4.83. The number of rotatable bonds is 15. The van der Waals surface area contributed by atoms with Gasteiger partial charge in [-0.2, -0.15) is 12.6 Å². The fourth-order valence-electron chi connectivity index (χ4n) is 2.58. The number of guanidine groups is 1. The Bertz CT molecular complexity index is 743. The zero-order chi connectivity index (χ0) is 25.7. The topological polar surface area (TPSA) is 258 Å². The molecule has 0 aromatic carbocycles. The van der Waals surface area contributed by atoms with E-state index in [1.807, 2.05) is 0 Å². The van der Waals surface area contributed by atoms with Crippen molar-refractivity contribution < 1.29 is 29.1 Å². The minimum atomic E-state index is -1.40. The number of carboxylic acids is 1. The highest BCUT2D eigenvalue weighted by Crippen LogP contribution is 2.06. The van der Waals surface area contributed by atoms with E-state index in [1.54, 1.807) is 13.8 Å². The minimum absolute atomic E-state index is 0.0981. The van der Waals surface area contributed by atoms with Crippen molar-refractivity contribution in [3.8, 4) is 0 Å². The van der Waals surface area contributed by atoms with Gasteiger partial charge in [-0.1, -0.05) is 13.8 Å². The van der Waals surface area contributed by atoms with E-state index in [2.05, 4.69) is 33.6 Å². The normalized spacial score (nSPS) is 14.3. The zero-order valence-electron chi connectivity index (χ0n) is 18.6. The second-order valence-electron chi connectivity index (χ2n) is 7.60. The summed E-state index contributed by atoms with van der Waals surface area (Å²) < 4.78 is 0. The first-order chi connectivity index (χ1) is 15.3. The van der Waals surface area contributed by atoms with Crippen LogP contribution in [0, 0.1) is 5.92 Å². The number of aliphatic carboxylic acids is 1. The molecule has 0 aliphatic carbocycles. The Kier molecular flexibility index (Phi) is 13.5. The number of carboxylic acid groups (broad SMARTS) is 1. The van der Waals surface area contributed by atoms with Crippen molar-refractivity contribution in [2.75, 3.05) is 12.3 Å². The molecule has 33 heavy (non-hydrogen) atoms. The van der Waals surface area contributed by atoms with Crippen LogP contribution in [0.3, 0.4) is 0 Å². The van der Waals surface area contributed by atoms with Gasteiger partial charge in [-0.3, -0.25) is 24.2 Å². The first kappa shape index (κ1) is 29.9. The number of nitrogens with one attached hydrogen (secondary N) is 3. The van der Waals surface area contributed by atoms with Gasteiger partial charge in [-0.05, 0) is 18.8 Å². The maximum Gasteiger partial charge on any atom is 0.327 e. The summed E-state index contributed by atoms with van der Waals surface area (Å²) in [6.45, 7) is 3.49. The molecule has 4 amide bonds. The first-order valence-corrected chi connectivity index (χ1v) is 10.8.